The van der Waals surface area contributed by atoms with Gasteiger partial charge in [-0.15, -0.1) is 0 Å². The van der Waals surface area contributed by atoms with Crippen molar-refractivity contribution in [2.24, 2.45) is 0 Å². The maximum atomic E-state index is 14.3. The lowest BCUT2D eigenvalue weighted by atomic mass is 10.1. The summed E-state index contributed by atoms with van der Waals surface area (Å²) in [5.41, 5.74) is 0.870. The first-order valence-corrected chi connectivity index (χ1v) is 10.2. The van der Waals surface area contributed by atoms with Gasteiger partial charge in [-0.3, -0.25) is 4.79 Å². The first kappa shape index (κ1) is 21.1. The highest BCUT2D eigenvalue weighted by atomic mass is 35.5. The van der Waals surface area contributed by atoms with Gasteiger partial charge in [-0.1, -0.05) is 16.8 Å². The van der Waals surface area contributed by atoms with Crippen molar-refractivity contribution in [1.29, 1.82) is 0 Å². The van der Waals surface area contributed by atoms with Crippen LogP contribution < -0.4 is 14.4 Å². The molecular formula is C22H21ClFN3O4. The Hall–Kier alpha value is -3.13. The van der Waals surface area contributed by atoms with Gasteiger partial charge in [0.05, 0.1) is 24.8 Å². The number of carbonyl (C=O) groups is 1. The van der Waals surface area contributed by atoms with Crippen molar-refractivity contribution >= 4 is 23.2 Å². The molecule has 9 heteroatoms. The van der Waals surface area contributed by atoms with Crippen molar-refractivity contribution < 1.29 is 23.2 Å². The summed E-state index contributed by atoms with van der Waals surface area (Å²) < 4.78 is 30.8. The van der Waals surface area contributed by atoms with Crippen molar-refractivity contribution in [1.82, 2.24) is 10.1 Å². The van der Waals surface area contributed by atoms with Gasteiger partial charge in [-0.2, -0.15) is 4.98 Å². The summed E-state index contributed by atoms with van der Waals surface area (Å²) in [4.78, 5) is 18.3. The van der Waals surface area contributed by atoms with E-state index in [1.54, 1.807) is 25.3 Å². The zero-order valence-corrected chi connectivity index (χ0v) is 18.0. The fraction of sp³-hybridized carbons (Fsp3) is 0.318. The molecule has 162 valence electrons. The summed E-state index contributed by atoms with van der Waals surface area (Å²) in [7, 11) is 1.56. The predicted octanol–water partition coefficient (Wildman–Crippen LogP) is 4.85. The molecule has 1 aliphatic rings. The molecule has 7 nitrogen and oxygen atoms in total. The van der Waals surface area contributed by atoms with Crippen LogP contribution in [0.1, 0.15) is 32.1 Å². The third-order valence-corrected chi connectivity index (χ3v) is 5.14. The number of aromatic nitrogens is 2. The molecule has 4 rings (SSSR count). The second-order valence-electron chi connectivity index (χ2n) is 7.49. The number of hydrogen-bond acceptors (Lipinski definition) is 6. The molecule has 1 aromatic heterocycles. The predicted molar refractivity (Wildman–Crippen MR) is 113 cm³/mol. The van der Waals surface area contributed by atoms with Crippen LogP contribution in [0.5, 0.6) is 11.5 Å². The molecule has 0 N–H and O–H groups in total. The Morgan fingerprint density at radius 3 is 2.74 bits per heavy atom. The van der Waals surface area contributed by atoms with Gasteiger partial charge in [0.2, 0.25) is 17.6 Å². The summed E-state index contributed by atoms with van der Waals surface area (Å²) in [6.07, 6.45) is 0.152. The van der Waals surface area contributed by atoms with E-state index in [0.29, 0.717) is 28.8 Å². The van der Waals surface area contributed by atoms with E-state index in [1.807, 2.05) is 19.9 Å². The number of nitrogens with zero attached hydrogens (tertiary/aromatic N) is 3. The monoisotopic (exact) mass is 445 g/mol. The van der Waals surface area contributed by atoms with Crippen molar-refractivity contribution in [3.63, 3.8) is 0 Å². The van der Waals surface area contributed by atoms with E-state index in [-0.39, 0.29) is 41.6 Å². The number of methoxy groups -OCH3 is 1. The average molecular weight is 446 g/mol. The number of ether oxygens (including phenoxy) is 2. The quantitative estimate of drug-likeness (QED) is 0.540. The van der Waals surface area contributed by atoms with Crippen molar-refractivity contribution in [3.05, 3.63) is 53.1 Å². The van der Waals surface area contributed by atoms with E-state index < -0.39 is 5.82 Å². The van der Waals surface area contributed by atoms with Crippen LogP contribution in [0, 0.1) is 5.82 Å². The van der Waals surface area contributed by atoms with E-state index in [1.165, 1.54) is 17.0 Å². The van der Waals surface area contributed by atoms with Crippen molar-refractivity contribution in [2.45, 2.75) is 32.3 Å². The van der Waals surface area contributed by atoms with E-state index in [4.69, 9.17) is 25.6 Å². The number of benzene rings is 2. The standard InChI is InChI=1S/C22H21ClFN3O4/c1-12(2)30-18-7-4-13(8-19(18)29-3)21-25-22(31-26-21)14-9-20(28)27(11-14)17-6-5-15(23)10-16(17)24/h4-8,10,12,14H,9,11H2,1-3H3. The maximum absolute atomic E-state index is 14.3. The van der Waals surface area contributed by atoms with Gasteiger partial charge in [0.15, 0.2) is 11.5 Å². The van der Waals surface area contributed by atoms with Crippen LogP contribution in [0.15, 0.2) is 40.9 Å². The van der Waals surface area contributed by atoms with Crippen molar-refractivity contribution in [3.8, 4) is 22.9 Å². The molecule has 3 aromatic rings. The summed E-state index contributed by atoms with van der Waals surface area (Å²) in [6.45, 7) is 4.10. The highest BCUT2D eigenvalue weighted by Gasteiger charge is 2.36. The molecule has 0 aliphatic carbocycles. The Bertz CT molecular complexity index is 1120. The molecule has 0 bridgehead atoms. The highest BCUT2D eigenvalue weighted by molar-refractivity contribution is 6.30. The van der Waals surface area contributed by atoms with Gasteiger partial charge in [-0.05, 0) is 50.2 Å². The smallest absolute Gasteiger partial charge is 0.232 e. The van der Waals surface area contributed by atoms with Crippen LogP contribution in [0.4, 0.5) is 10.1 Å². The largest absolute Gasteiger partial charge is 0.493 e. The van der Waals surface area contributed by atoms with Crippen LogP contribution in [0.2, 0.25) is 5.02 Å². The molecule has 1 atom stereocenters. The first-order chi connectivity index (χ1) is 14.9. The molecular weight excluding hydrogens is 425 g/mol. The van der Waals surface area contributed by atoms with E-state index in [9.17, 15) is 9.18 Å². The number of hydrogen-bond donors (Lipinski definition) is 0. The lowest BCUT2D eigenvalue weighted by molar-refractivity contribution is -0.117. The first-order valence-electron chi connectivity index (χ1n) is 9.79. The summed E-state index contributed by atoms with van der Waals surface area (Å²) in [5.74, 6) is 0.750. The topological polar surface area (TPSA) is 77.7 Å². The lowest BCUT2D eigenvalue weighted by Gasteiger charge is -2.16. The molecule has 0 saturated carbocycles. The van der Waals surface area contributed by atoms with E-state index >= 15 is 0 Å². The lowest BCUT2D eigenvalue weighted by Crippen LogP contribution is -2.25. The summed E-state index contributed by atoms with van der Waals surface area (Å²) in [5, 5.41) is 4.31. The van der Waals surface area contributed by atoms with E-state index in [2.05, 4.69) is 10.1 Å². The van der Waals surface area contributed by atoms with Gasteiger partial charge in [-0.25, -0.2) is 4.39 Å². The fourth-order valence-corrected chi connectivity index (χ4v) is 3.64. The Labute approximate surface area is 183 Å². The van der Waals surface area contributed by atoms with E-state index in [0.717, 1.165) is 0 Å². The Morgan fingerprint density at radius 1 is 1.23 bits per heavy atom. The molecule has 31 heavy (non-hydrogen) atoms. The number of carbonyl (C=O) groups excluding carboxylic acids is 1. The minimum atomic E-state index is -0.552. The maximum Gasteiger partial charge on any atom is 0.232 e. The minimum Gasteiger partial charge on any atom is -0.493 e. The Kier molecular flexibility index (Phi) is 5.82. The minimum absolute atomic E-state index is 0.00449. The third kappa shape index (κ3) is 4.34. The average Bonchev–Trinajstić information content (AvgIpc) is 3.35. The zero-order valence-electron chi connectivity index (χ0n) is 17.3. The molecule has 1 amide bonds. The number of amides is 1. The molecule has 1 unspecified atom stereocenters. The SMILES string of the molecule is COc1cc(-c2noc(C3CC(=O)N(c4ccc(Cl)cc4F)C3)n2)ccc1OC(C)C. The van der Waals surface area contributed by atoms with Crippen LogP contribution >= 0.6 is 11.6 Å². The normalized spacial score (nSPS) is 16.3. The zero-order chi connectivity index (χ0) is 22.1. The molecule has 1 aliphatic heterocycles. The van der Waals surface area contributed by atoms with Crippen LogP contribution in [0.3, 0.4) is 0 Å². The summed E-state index contributed by atoms with van der Waals surface area (Å²) in [6, 6.07) is 9.58. The van der Waals surface area contributed by atoms with Crippen molar-refractivity contribution in [2.75, 3.05) is 18.6 Å². The molecule has 1 saturated heterocycles. The molecule has 2 aromatic carbocycles. The van der Waals surface area contributed by atoms with Crippen LogP contribution in [0.25, 0.3) is 11.4 Å². The Balaban J connectivity index is 1.55. The second kappa shape index (κ2) is 8.55. The molecule has 0 radical (unpaired) electrons. The van der Waals surface area contributed by atoms with Crippen LogP contribution in [-0.2, 0) is 4.79 Å². The molecule has 2 heterocycles. The molecule has 0 spiro atoms. The number of anilines is 1. The fourth-order valence-electron chi connectivity index (χ4n) is 3.48. The van der Waals surface area contributed by atoms with Gasteiger partial charge in [0.25, 0.3) is 0 Å². The van der Waals surface area contributed by atoms with Gasteiger partial charge < -0.3 is 18.9 Å². The number of halogens is 2. The number of rotatable bonds is 6. The van der Waals surface area contributed by atoms with Gasteiger partial charge in [0.1, 0.15) is 5.82 Å². The highest BCUT2D eigenvalue weighted by Crippen LogP contribution is 2.35. The summed E-state index contributed by atoms with van der Waals surface area (Å²) >= 11 is 5.81. The Morgan fingerprint density at radius 2 is 2.03 bits per heavy atom. The third-order valence-electron chi connectivity index (χ3n) is 4.90. The van der Waals surface area contributed by atoms with Crippen LogP contribution in [-0.4, -0.2) is 35.8 Å². The molecule has 1 fully saturated rings. The van der Waals surface area contributed by atoms with Gasteiger partial charge in [0, 0.05) is 23.6 Å². The second-order valence-corrected chi connectivity index (χ2v) is 7.93. The van der Waals surface area contributed by atoms with Gasteiger partial charge >= 0.3 is 0 Å².